The van der Waals surface area contributed by atoms with E-state index in [1.54, 1.807) is 7.11 Å². The van der Waals surface area contributed by atoms with Gasteiger partial charge in [-0.05, 0) is 18.9 Å². The van der Waals surface area contributed by atoms with Crippen LogP contribution in [0, 0.1) is 0 Å². The fourth-order valence-corrected chi connectivity index (χ4v) is 4.54. The van der Waals surface area contributed by atoms with Gasteiger partial charge in [-0.25, -0.2) is 0 Å². The van der Waals surface area contributed by atoms with Gasteiger partial charge in [0.05, 0.1) is 7.11 Å². The summed E-state index contributed by atoms with van der Waals surface area (Å²) in [5.74, 6) is 0.159. The molecule has 0 amide bonds. The fraction of sp³-hybridized carbons (Fsp3) is 0.625. The van der Waals surface area contributed by atoms with Crippen LogP contribution in [0.25, 0.3) is 0 Å². The molecule has 0 spiro atoms. The van der Waals surface area contributed by atoms with E-state index in [1.165, 1.54) is 33.5 Å². The highest BCUT2D eigenvalue weighted by Gasteiger charge is 2.38. The van der Waals surface area contributed by atoms with Crippen molar-refractivity contribution in [2.75, 3.05) is 21.3 Å². The van der Waals surface area contributed by atoms with Gasteiger partial charge in [0.15, 0.2) is 0 Å². The second-order valence-electron chi connectivity index (χ2n) is 5.55. The molecule has 124 valence electrons. The van der Waals surface area contributed by atoms with Gasteiger partial charge in [0.2, 0.25) is 0 Å². The summed E-state index contributed by atoms with van der Waals surface area (Å²) in [6.07, 6.45) is 5.82. The summed E-state index contributed by atoms with van der Waals surface area (Å²) in [5.41, 5.74) is 0.808. The number of nitrogens with one attached hydrogen (secondary N) is 1. The van der Waals surface area contributed by atoms with Gasteiger partial charge >= 0.3 is 7.60 Å². The minimum atomic E-state index is -3.31. The maximum Gasteiger partial charge on any atom is 0.351 e. The molecule has 1 saturated carbocycles. The smallest absolute Gasteiger partial charge is 0.351 e. The SMILES string of the molecule is COc1ccccc1C(NC1CCCCC1)P(=O)(OC)OC. The van der Waals surface area contributed by atoms with Gasteiger partial charge in [-0.1, -0.05) is 37.5 Å². The highest BCUT2D eigenvalue weighted by Crippen LogP contribution is 2.60. The molecule has 0 aliphatic heterocycles. The molecular weight excluding hydrogens is 301 g/mol. The van der Waals surface area contributed by atoms with Gasteiger partial charge in [-0.2, -0.15) is 0 Å². The minimum absolute atomic E-state index is 0.322. The third-order valence-corrected chi connectivity index (χ3v) is 6.34. The molecule has 1 atom stereocenters. The molecule has 0 radical (unpaired) electrons. The van der Waals surface area contributed by atoms with Crippen LogP contribution in [0.3, 0.4) is 0 Å². The van der Waals surface area contributed by atoms with Crippen LogP contribution in [0.5, 0.6) is 5.75 Å². The van der Waals surface area contributed by atoms with Crippen molar-refractivity contribution in [1.29, 1.82) is 0 Å². The van der Waals surface area contributed by atoms with Crippen molar-refractivity contribution < 1.29 is 18.3 Å². The Labute approximate surface area is 132 Å². The number of para-hydroxylation sites is 1. The predicted octanol–water partition coefficient (Wildman–Crippen LogP) is 4.10. The van der Waals surface area contributed by atoms with Crippen LogP contribution in [0.4, 0.5) is 0 Å². The number of benzene rings is 1. The normalized spacial score (nSPS) is 18.1. The zero-order chi connectivity index (χ0) is 16.0. The first-order valence-electron chi connectivity index (χ1n) is 7.74. The van der Waals surface area contributed by atoms with Crippen LogP contribution >= 0.6 is 7.60 Å². The van der Waals surface area contributed by atoms with Crippen LogP contribution in [0.1, 0.15) is 43.5 Å². The summed E-state index contributed by atoms with van der Waals surface area (Å²) >= 11 is 0. The highest BCUT2D eigenvalue weighted by molar-refractivity contribution is 7.54. The van der Waals surface area contributed by atoms with Crippen molar-refractivity contribution in [3.8, 4) is 5.75 Å². The van der Waals surface area contributed by atoms with Gasteiger partial charge in [0.1, 0.15) is 11.5 Å². The summed E-state index contributed by atoms with van der Waals surface area (Å²) in [6, 6.07) is 7.89. The molecular formula is C16H26NO4P. The second-order valence-corrected chi connectivity index (χ2v) is 7.88. The first kappa shape index (κ1) is 17.5. The largest absolute Gasteiger partial charge is 0.496 e. The number of rotatable bonds is 7. The Hall–Kier alpha value is -0.870. The van der Waals surface area contributed by atoms with E-state index in [2.05, 4.69) is 5.32 Å². The van der Waals surface area contributed by atoms with E-state index < -0.39 is 13.4 Å². The van der Waals surface area contributed by atoms with Gasteiger partial charge in [-0.3, -0.25) is 9.88 Å². The van der Waals surface area contributed by atoms with Crippen molar-refractivity contribution in [3.63, 3.8) is 0 Å². The first-order valence-corrected chi connectivity index (χ1v) is 9.36. The van der Waals surface area contributed by atoms with Crippen molar-refractivity contribution in [3.05, 3.63) is 29.8 Å². The first-order chi connectivity index (χ1) is 10.6. The zero-order valence-electron chi connectivity index (χ0n) is 13.6. The average Bonchev–Trinajstić information content (AvgIpc) is 2.60. The summed E-state index contributed by atoms with van der Waals surface area (Å²) in [7, 11) is 1.15. The Balaban J connectivity index is 2.34. The summed E-state index contributed by atoms with van der Waals surface area (Å²) in [5, 5.41) is 3.50. The quantitative estimate of drug-likeness (QED) is 0.764. The number of ether oxygens (including phenoxy) is 1. The molecule has 2 rings (SSSR count). The maximum atomic E-state index is 13.0. The van der Waals surface area contributed by atoms with E-state index >= 15 is 0 Å². The van der Waals surface area contributed by atoms with Crippen molar-refractivity contribution in [1.82, 2.24) is 5.32 Å². The lowest BCUT2D eigenvalue weighted by atomic mass is 9.95. The summed E-state index contributed by atoms with van der Waals surface area (Å²) in [6.45, 7) is 0. The molecule has 0 heterocycles. The van der Waals surface area contributed by atoms with Crippen LogP contribution in [0.2, 0.25) is 0 Å². The molecule has 1 aliphatic carbocycles. The van der Waals surface area contributed by atoms with Gasteiger partial charge in [0.25, 0.3) is 0 Å². The molecule has 5 nitrogen and oxygen atoms in total. The molecule has 6 heteroatoms. The Bertz CT molecular complexity index is 509. The average molecular weight is 327 g/mol. The molecule has 1 aliphatic rings. The molecule has 1 fully saturated rings. The van der Waals surface area contributed by atoms with Crippen molar-refractivity contribution >= 4 is 7.60 Å². The molecule has 22 heavy (non-hydrogen) atoms. The molecule has 1 N–H and O–H groups in total. The van der Waals surface area contributed by atoms with Crippen LogP contribution in [-0.4, -0.2) is 27.4 Å². The van der Waals surface area contributed by atoms with E-state index in [9.17, 15) is 4.57 Å². The zero-order valence-corrected chi connectivity index (χ0v) is 14.5. The van der Waals surface area contributed by atoms with Crippen LogP contribution in [0.15, 0.2) is 24.3 Å². The predicted molar refractivity (Wildman–Crippen MR) is 87.4 cm³/mol. The number of hydrogen-bond acceptors (Lipinski definition) is 5. The lowest BCUT2D eigenvalue weighted by Gasteiger charge is -2.32. The maximum absolute atomic E-state index is 13.0. The Morgan fingerprint density at radius 1 is 1.09 bits per heavy atom. The molecule has 1 unspecified atom stereocenters. The van der Waals surface area contributed by atoms with Gasteiger partial charge < -0.3 is 13.8 Å². The Morgan fingerprint density at radius 2 is 1.73 bits per heavy atom. The van der Waals surface area contributed by atoms with E-state index in [0.29, 0.717) is 11.8 Å². The van der Waals surface area contributed by atoms with Gasteiger partial charge in [-0.15, -0.1) is 0 Å². The standard InChI is InChI=1S/C16H26NO4P/c1-19-15-12-8-7-11-14(15)16(22(18,20-2)21-3)17-13-9-5-4-6-10-13/h7-8,11-13,16-17H,4-6,9-10H2,1-3H3. The summed E-state index contributed by atoms with van der Waals surface area (Å²) < 4.78 is 29.0. The van der Waals surface area contributed by atoms with Crippen LogP contribution < -0.4 is 10.1 Å². The topological polar surface area (TPSA) is 56.8 Å². The molecule has 0 bridgehead atoms. The monoisotopic (exact) mass is 327 g/mol. The minimum Gasteiger partial charge on any atom is -0.496 e. The Morgan fingerprint density at radius 3 is 2.32 bits per heavy atom. The molecule has 1 aromatic rings. The third kappa shape index (κ3) is 3.90. The van der Waals surface area contributed by atoms with E-state index in [4.69, 9.17) is 13.8 Å². The van der Waals surface area contributed by atoms with E-state index in [-0.39, 0.29) is 0 Å². The lowest BCUT2D eigenvalue weighted by molar-refractivity contribution is 0.248. The third-order valence-electron chi connectivity index (χ3n) is 4.26. The lowest BCUT2D eigenvalue weighted by Crippen LogP contribution is -2.35. The molecule has 0 aromatic heterocycles. The summed E-state index contributed by atoms with van der Waals surface area (Å²) in [4.78, 5) is 0. The van der Waals surface area contributed by atoms with Crippen molar-refractivity contribution in [2.24, 2.45) is 0 Å². The highest BCUT2D eigenvalue weighted by atomic mass is 31.2. The Kier molecular flexibility index (Phi) is 6.45. The number of methoxy groups -OCH3 is 1. The van der Waals surface area contributed by atoms with E-state index in [0.717, 1.165) is 18.4 Å². The van der Waals surface area contributed by atoms with Gasteiger partial charge in [0, 0.05) is 25.8 Å². The number of hydrogen-bond donors (Lipinski definition) is 1. The van der Waals surface area contributed by atoms with Crippen LogP contribution in [-0.2, 0) is 13.6 Å². The fourth-order valence-electron chi connectivity index (χ4n) is 3.02. The van der Waals surface area contributed by atoms with Crippen molar-refractivity contribution in [2.45, 2.75) is 43.9 Å². The van der Waals surface area contributed by atoms with E-state index in [1.807, 2.05) is 24.3 Å². The molecule has 1 aromatic carbocycles. The molecule has 0 saturated heterocycles. The second kappa shape index (κ2) is 8.11.